The van der Waals surface area contributed by atoms with Crippen LogP contribution in [0.1, 0.15) is 41.3 Å². The van der Waals surface area contributed by atoms with E-state index in [4.69, 9.17) is 0 Å². The maximum Gasteiger partial charge on any atom is 0.229 e. The Balaban J connectivity index is 1.57. The van der Waals surface area contributed by atoms with Gasteiger partial charge >= 0.3 is 0 Å². The van der Waals surface area contributed by atoms with Crippen molar-refractivity contribution in [2.24, 2.45) is 7.05 Å². The third kappa shape index (κ3) is 2.50. The molecular formula is C19H22N4O. The Morgan fingerprint density at radius 2 is 2.25 bits per heavy atom. The number of aromatic nitrogens is 3. The number of rotatable bonds is 3. The lowest BCUT2D eigenvalue weighted by Gasteiger charge is -2.22. The van der Waals surface area contributed by atoms with E-state index in [0.29, 0.717) is 6.54 Å². The molecule has 0 saturated carbocycles. The number of fused-ring (bicyclic) bond motifs is 3. The Kier molecular flexibility index (Phi) is 3.63. The molecule has 4 rings (SSSR count). The highest BCUT2D eigenvalue weighted by molar-refractivity contribution is 5.90. The lowest BCUT2D eigenvalue weighted by Crippen LogP contribution is -2.31. The highest BCUT2D eigenvalue weighted by Crippen LogP contribution is 2.36. The molecule has 1 atom stereocenters. The monoisotopic (exact) mass is 322 g/mol. The van der Waals surface area contributed by atoms with Crippen LogP contribution in [0, 0.1) is 6.92 Å². The van der Waals surface area contributed by atoms with Crippen molar-refractivity contribution < 1.29 is 4.79 Å². The average molecular weight is 322 g/mol. The first kappa shape index (κ1) is 15.0. The van der Waals surface area contributed by atoms with E-state index in [9.17, 15) is 4.79 Å². The summed E-state index contributed by atoms with van der Waals surface area (Å²) in [7, 11) is 1.90. The number of nitrogens with one attached hydrogen (secondary N) is 2. The SMILES string of the molecule is Cc1nn(C)cc1CNC(=O)[C@@H]1CCCc2c1[nH]c1ccccc21. The van der Waals surface area contributed by atoms with Gasteiger partial charge in [-0.05, 0) is 37.8 Å². The molecule has 0 unspecified atom stereocenters. The number of hydrogen-bond donors (Lipinski definition) is 2. The number of H-pyrrole nitrogens is 1. The molecular weight excluding hydrogens is 300 g/mol. The number of para-hydroxylation sites is 1. The highest BCUT2D eigenvalue weighted by atomic mass is 16.1. The second-order valence-corrected chi connectivity index (χ2v) is 6.64. The van der Waals surface area contributed by atoms with Crippen LogP contribution in [0.5, 0.6) is 0 Å². The molecule has 124 valence electrons. The number of carbonyl (C=O) groups is 1. The minimum Gasteiger partial charge on any atom is -0.357 e. The summed E-state index contributed by atoms with van der Waals surface area (Å²) in [5.74, 6) is 0.0175. The molecule has 0 aliphatic heterocycles. The predicted molar refractivity (Wildman–Crippen MR) is 93.8 cm³/mol. The fourth-order valence-electron chi connectivity index (χ4n) is 3.80. The zero-order valence-electron chi connectivity index (χ0n) is 14.1. The first-order chi connectivity index (χ1) is 11.6. The molecule has 1 aromatic carbocycles. The van der Waals surface area contributed by atoms with Crippen LogP contribution in [0.15, 0.2) is 30.5 Å². The maximum absolute atomic E-state index is 12.8. The van der Waals surface area contributed by atoms with Gasteiger partial charge < -0.3 is 10.3 Å². The summed E-state index contributed by atoms with van der Waals surface area (Å²) in [6, 6.07) is 8.32. The zero-order valence-corrected chi connectivity index (χ0v) is 14.1. The van der Waals surface area contributed by atoms with Gasteiger partial charge in [0.15, 0.2) is 0 Å². The topological polar surface area (TPSA) is 62.7 Å². The Hall–Kier alpha value is -2.56. The van der Waals surface area contributed by atoms with E-state index in [1.54, 1.807) is 4.68 Å². The van der Waals surface area contributed by atoms with Crippen molar-refractivity contribution >= 4 is 16.8 Å². The normalized spacial score (nSPS) is 17.0. The molecule has 1 aliphatic rings. The van der Waals surface area contributed by atoms with Crippen LogP contribution in [0.2, 0.25) is 0 Å². The predicted octanol–water partition coefficient (Wildman–Crippen LogP) is 2.95. The van der Waals surface area contributed by atoms with Crippen LogP contribution in [0.4, 0.5) is 0 Å². The van der Waals surface area contributed by atoms with Crippen LogP contribution in [-0.2, 0) is 24.8 Å². The van der Waals surface area contributed by atoms with Crippen molar-refractivity contribution in [3.8, 4) is 0 Å². The first-order valence-electron chi connectivity index (χ1n) is 8.50. The molecule has 0 bridgehead atoms. The first-order valence-corrected chi connectivity index (χ1v) is 8.50. The van der Waals surface area contributed by atoms with Gasteiger partial charge in [0.1, 0.15) is 0 Å². The highest BCUT2D eigenvalue weighted by Gasteiger charge is 2.29. The summed E-state index contributed by atoms with van der Waals surface area (Å²) in [6.07, 6.45) is 4.96. The second-order valence-electron chi connectivity index (χ2n) is 6.64. The molecule has 0 spiro atoms. The van der Waals surface area contributed by atoms with Crippen LogP contribution in [-0.4, -0.2) is 20.7 Å². The second kappa shape index (κ2) is 5.82. The molecule has 1 aliphatic carbocycles. The smallest absolute Gasteiger partial charge is 0.229 e. The minimum absolute atomic E-state index is 0.0851. The fourth-order valence-corrected chi connectivity index (χ4v) is 3.80. The van der Waals surface area contributed by atoms with Gasteiger partial charge in [0.2, 0.25) is 5.91 Å². The number of carbonyl (C=O) groups excluding carboxylic acids is 1. The number of hydrogen-bond acceptors (Lipinski definition) is 2. The molecule has 3 aromatic rings. The minimum atomic E-state index is -0.0851. The fraction of sp³-hybridized carbons (Fsp3) is 0.368. The summed E-state index contributed by atoms with van der Waals surface area (Å²) in [5, 5.41) is 8.68. The van der Waals surface area contributed by atoms with Gasteiger partial charge in [-0.15, -0.1) is 0 Å². The van der Waals surface area contributed by atoms with E-state index in [1.165, 1.54) is 10.9 Å². The number of aryl methyl sites for hydroxylation is 3. The van der Waals surface area contributed by atoms with Crippen LogP contribution >= 0.6 is 0 Å². The summed E-state index contributed by atoms with van der Waals surface area (Å²) in [6.45, 7) is 2.50. The molecule has 5 nitrogen and oxygen atoms in total. The Labute approximate surface area is 141 Å². The summed E-state index contributed by atoms with van der Waals surface area (Å²) in [5.41, 5.74) is 5.58. The maximum atomic E-state index is 12.8. The molecule has 2 aromatic heterocycles. The average Bonchev–Trinajstić information content (AvgIpc) is 3.11. The van der Waals surface area contributed by atoms with Crippen molar-refractivity contribution in [2.45, 2.75) is 38.6 Å². The van der Waals surface area contributed by atoms with Gasteiger partial charge in [-0.1, -0.05) is 18.2 Å². The van der Waals surface area contributed by atoms with E-state index in [-0.39, 0.29) is 11.8 Å². The van der Waals surface area contributed by atoms with Crippen molar-refractivity contribution in [1.29, 1.82) is 0 Å². The van der Waals surface area contributed by atoms with Crippen LogP contribution < -0.4 is 5.32 Å². The van der Waals surface area contributed by atoms with Crippen molar-refractivity contribution in [2.75, 3.05) is 0 Å². The zero-order chi connectivity index (χ0) is 16.7. The van der Waals surface area contributed by atoms with E-state index in [2.05, 4.69) is 33.6 Å². The van der Waals surface area contributed by atoms with E-state index in [0.717, 1.165) is 41.7 Å². The van der Waals surface area contributed by atoms with E-state index < -0.39 is 0 Å². The number of amides is 1. The molecule has 1 amide bonds. The molecule has 0 fully saturated rings. The van der Waals surface area contributed by atoms with Crippen molar-refractivity contribution in [3.05, 3.63) is 53.0 Å². The van der Waals surface area contributed by atoms with Gasteiger partial charge in [-0.3, -0.25) is 9.48 Å². The number of aromatic amines is 1. The van der Waals surface area contributed by atoms with Crippen LogP contribution in [0.3, 0.4) is 0 Å². The molecule has 2 heterocycles. The lowest BCUT2D eigenvalue weighted by molar-refractivity contribution is -0.123. The summed E-state index contributed by atoms with van der Waals surface area (Å²) in [4.78, 5) is 16.3. The largest absolute Gasteiger partial charge is 0.357 e. The summed E-state index contributed by atoms with van der Waals surface area (Å²) >= 11 is 0. The van der Waals surface area contributed by atoms with Crippen molar-refractivity contribution in [1.82, 2.24) is 20.1 Å². The van der Waals surface area contributed by atoms with Gasteiger partial charge in [0.25, 0.3) is 0 Å². The van der Waals surface area contributed by atoms with E-state index >= 15 is 0 Å². The Bertz CT molecular complexity index is 905. The summed E-state index contributed by atoms with van der Waals surface area (Å²) < 4.78 is 1.78. The standard InChI is InChI=1S/C19H22N4O/c1-12-13(11-23(2)22-12)10-20-19(24)16-8-5-7-15-14-6-3-4-9-17(14)21-18(15)16/h3-4,6,9,11,16,21H,5,7-8,10H2,1-2H3,(H,20,24)/t16-/m1/s1. The van der Waals surface area contributed by atoms with E-state index in [1.807, 2.05) is 26.2 Å². The number of nitrogens with zero attached hydrogens (tertiary/aromatic N) is 2. The van der Waals surface area contributed by atoms with Gasteiger partial charge in [0, 0.05) is 41.9 Å². The van der Waals surface area contributed by atoms with Gasteiger partial charge in [-0.25, -0.2) is 0 Å². The number of benzene rings is 1. The Morgan fingerprint density at radius 1 is 1.42 bits per heavy atom. The van der Waals surface area contributed by atoms with Crippen molar-refractivity contribution in [3.63, 3.8) is 0 Å². The third-order valence-electron chi connectivity index (χ3n) is 5.00. The molecule has 2 N–H and O–H groups in total. The Morgan fingerprint density at radius 3 is 3.04 bits per heavy atom. The van der Waals surface area contributed by atoms with Gasteiger partial charge in [0.05, 0.1) is 11.6 Å². The lowest BCUT2D eigenvalue weighted by atomic mass is 9.86. The molecule has 0 saturated heterocycles. The molecule has 5 heteroatoms. The molecule has 0 radical (unpaired) electrons. The van der Waals surface area contributed by atoms with Crippen LogP contribution in [0.25, 0.3) is 10.9 Å². The molecule has 24 heavy (non-hydrogen) atoms. The van der Waals surface area contributed by atoms with Gasteiger partial charge in [-0.2, -0.15) is 5.10 Å². The quantitative estimate of drug-likeness (QED) is 0.779. The third-order valence-corrected chi connectivity index (χ3v) is 5.00.